The minimum Gasteiger partial charge on any atom is -0.379 e. The quantitative estimate of drug-likeness (QED) is 0.425. The molecule has 0 spiro atoms. The van der Waals surface area contributed by atoms with Gasteiger partial charge in [-0.3, -0.25) is 9.59 Å². The van der Waals surface area contributed by atoms with Gasteiger partial charge in [0.25, 0.3) is 17.7 Å². The molecule has 1 aliphatic heterocycles. The average Bonchev–Trinajstić information content (AvgIpc) is 2.87. The molecule has 10 heteroatoms. The number of hydrogen-bond acceptors (Lipinski definition) is 3. The molecule has 0 bridgehead atoms. The third-order valence-electron chi connectivity index (χ3n) is 5.96. The lowest BCUT2D eigenvalue weighted by atomic mass is 9.87. The van der Waals surface area contributed by atoms with Crippen LogP contribution in [0.25, 0.3) is 0 Å². The summed E-state index contributed by atoms with van der Waals surface area (Å²) < 4.78 is 44.3. The van der Waals surface area contributed by atoms with Crippen LogP contribution in [-0.2, 0) is 5.60 Å². The number of alkyl halides is 2. The van der Waals surface area contributed by atoms with Gasteiger partial charge in [0.2, 0.25) is 0 Å². The van der Waals surface area contributed by atoms with Crippen molar-refractivity contribution in [3.05, 3.63) is 93.2 Å². The Kier molecular flexibility index (Phi) is 6.57. The Morgan fingerprint density at radius 1 is 1.06 bits per heavy atom. The first kappa shape index (κ1) is 25.0. The molecule has 4 rings (SSSR count). The van der Waals surface area contributed by atoms with Gasteiger partial charge in [-0.05, 0) is 55.5 Å². The van der Waals surface area contributed by atoms with E-state index in [2.05, 4.69) is 5.32 Å². The first-order chi connectivity index (χ1) is 16.4. The van der Waals surface area contributed by atoms with Crippen LogP contribution in [0.3, 0.4) is 0 Å². The van der Waals surface area contributed by atoms with Crippen molar-refractivity contribution < 1.29 is 27.9 Å². The lowest BCUT2D eigenvalue weighted by Gasteiger charge is -2.32. The van der Waals surface area contributed by atoms with Crippen molar-refractivity contribution in [1.29, 1.82) is 0 Å². The van der Waals surface area contributed by atoms with Crippen LogP contribution in [0.15, 0.2) is 60.7 Å². The highest BCUT2D eigenvalue weighted by molar-refractivity contribution is 6.34. The van der Waals surface area contributed by atoms with Crippen molar-refractivity contribution in [2.24, 2.45) is 0 Å². The maximum absolute atomic E-state index is 14.8. The van der Waals surface area contributed by atoms with Gasteiger partial charge in [0.15, 0.2) is 5.60 Å². The highest BCUT2D eigenvalue weighted by atomic mass is 35.5. The van der Waals surface area contributed by atoms with Gasteiger partial charge in [-0.1, -0.05) is 35.3 Å². The number of hydrogen-bond donors (Lipinski definition) is 2. The number of benzene rings is 3. The highest BCUT2D eigenvalue weighted by Gasteiger charge is 2.53. The zero-order valence-electron chi connectivity index (χ0n) is 18.3. The van der Waals surface area contributed by atoms with Gasteiger partial charge in [0.1, 0.15) is 5.82 Å². The summed E-state index contributed by atoms with van der Waals surface area (Å²) in [6.07, 6.45) is -0.827. The van der Waals surface area contributed by atoms with E-state index in [4.69, 9.17) is 23.2 Å². The zero-order valence-corrected chi connectivity index (χ0v) is 19.8. The number of fused-ring (bicyclic) bond motifs is 1. The Hall–Kier alpha value is -3.07. The van der Waals surface area contributed by atoms with Crippen LogP contribution in [0.5, 0.6) is 0 Å². The third-order valence-corrected chi connectivity index (χ3v) is 6.53. The van der Waals surface area contributed by atoms with E-state index in [0.29, 0.717) is 0 Å². The monoisotopic (exact) mass is 522 g/mol. The van der Waals surface area contributed by atoms with Crippen LogP contribution in [0.2, 0.25) is 10.0 Å². The second kappa shape index (κ2) is 9.18. The number of amides is 2. The fraction of sp³-hybridized carbons (Fsp3) is 0.200. The van der Waals surface area contributed by atoms with E-state index >= 15 is 0 Å². The molecule has 0 unspecified atom stereocenters. The summed E-state index contributed by atoms with van der Waals surface area (Å²) in [4.78, 5) is 26.8. The van der Waals surface area contributed by atoms with Gasteiger partial charge >= 0.3 is 0 Å². The van der Waals surface area contributed by atoms with Crippen molar-refractivity contribution in [3.8, 4) is 0 Å². The predicted molar refractivity (Wildman–Crippen MR) is 128 cm³/mol. The SMILES string of the molecule is C[C@@]1(O)c2cc(Cl)ccc2N(C(=O)c2ccc(NC(=O)c3ccccc3Cl)c(F)c2)CCC1(F)F. The minimum absolute atomic E-state index is 0.0399. The van der Waals surface area contributed by atoms with E-state index in [1.54, 1.807) is 12.1 Å². The molecule has 1 aliphatic rings. The zero-order chi connectivity index (χ0) is 25.5. The molecule has 0 fully saturated rings. The number of rotatable bonds is 3. The predicted octanol–water partition coefficient (Wildman–Crippen LogP) is 6.28. The van der Waals surface area contributed by atoms with Crippen molar-refractivity contribution in [1.82, 2.24) is 0 Å². The van der Waals surface area contributed by atoms with E-state index in [9.17, 15) is 27.9 Å². The maximum atomic E-state index is 14.8. The smallest absolute Gasteiger partial charge is 0.281 e. The van der Waals surface area contributed by atoms with Crippen LogP contribution < -0.4 is 10.2 Å². The minimum atomic E-state index is -3.56. The Labute approximate surface area is 209 Å². The lowest BCUT2D eigenvalue weighted by Crippen LogP contribution is -2.42. The number of carbonyl (C=O) groups excluding carboxylic acids is 2. The second-order valence-corrected chi connectivity index (χ2v) is 9.12. The molecule has 0 saturated carbocycles. The summed E-state index contributed by atoms with van der Waals surface area (Å²) in [5, 5.41) is 13.3. The molecule has 0 aliphatic carbocycles. The van der Waals surface area contributed by atoms with Crippen LogP contribution in [0, 0.1) is 5.82 Å². The molecular formula is C25H19Cl2F3N2O3. The number of aliphatic hydroxyl groups is 1. The summed E-state index contributed by atoms with van der Waals surface area (Å²) in [6.45, 7) is 0.537. The van der Waals surface area contributed by atoms with E-state index in [1.165, 1.54) is 42.5 Å². The maximum Gasteiger partial charge on any atom is 0.281 e. The molecule has 2 N–H and O–H groups in total. The summed E-state index contributed by atoms with van der Waals surface area (Å²) in [5.74, 6) is -5.86. The van der Waals surface area contributed by atoms with Crippen LogP contribution in [0.1, 0.15) is 39.6 Å². The van der Waals surface area contributed by atoms with Crippen LogP contribution >= 0.6 is 23.2 Å². The van der Waals surface area contributed by atoms with Crippen molar-refractivity contribution in [3.63, 3.8) is 0 Å². The largest absolute Gasteiger partial charge is 0.379 e. The van der Waals surface area contributed by atoms with E-state index < -0.39 is 42.1 Å². The molecular weight excluding hydrogens is 504 g/mol. The van der Waals surface area contributed by atoms with Gasteiger partial charge in [0.05, 0.1) is 22.0 Å². The number of carbonyl (C=O) groups is 2. The number of anilines is 2. The first-order valence-electron chi connectivity index (χ1n) is 10.5. The summed E-state index contributed by atoms with van der Waals surface area (Å²) in [7, 11) is 0. The van der Waals surface area contributed by atoms with Gasteiger partial charge in [0, 0.05) is 29.1 Å². The molecule has 0 saturated heterocycles. The summed E-state index contributed by atoms with van der Waals surface area (Å²) >= 11 is 12.0. The van der Waals surface area contributed by atoms with E-state index in [0.717, 1.165) is 17.9 Å². The Balaban J connectivity index is 1.65. The normalized spacial score (nSPS) is 19.0. The Morgan fingerprint density at radius 3 is 2.46 bits per heavy atom. The molecule has 3 aromatic rings. The van der Waals surface area contributed by atoms with Crippen LogP contribution in [-0.4, -0.2) is 29.4 Å². The topological polar surface area (TPSA) is 69.6 Å². The van der Waals surface area contributed by atoms with Crippen molar-refractivity contribution in [2.75, 3.05) is 16.8 Å². The molecule has 2 amide bonds. The molecule has 182 valence electrons. The molecule has 35 heavy (non-hydrogen) atoms. The number of nitrogens with zero attached hydrogens (tertiary/aromatic N) is 1. The molecule has 0 aromatic heterocycles. The number of nitrogens with one attached hydrogen (secondary N) is 1. The van der Waals surface area contributed by atoms with Crippen LogP contribution in [0.4, 0.5) is 24.5 Å². The van der Waals surface area contributed by atoms with E-state index in [-0.39, 0.29) is 38.1 Å². The van der Waals surface area contributed by atoms with E-state index in [1.807, 2.05) is 0 Å². The van der Waals surface area contributed by atoms with Gasteiger partial charge in [-0.25, -0.2) is 13.2 Å². The summed E-state index contributed by atoms with van der Waals surface area (Å²) in [5.41, 5.74) is -2.95. The Bertz CT molecular complexity index is 1330. The Morgan fingerprint density at radius 2 is 1.77 bits per heavy atom. The van der Waals surface area contributed by atoms with Crippen molar-refractivity contribution >= 4 is 46.4 Å². The molecule has 1 atom stereocenters. The molecule has 5 nitrogen and oxygen atoms in total. The highest BCUT2D eigenvalue weighted by Crippen LogP contribution is 2.47. The summed E-state index contributed by atoms with van der Waals surface area (Å²) in [6, 6.07) is 13.6. The van der Waals surface area contributed by atoms with Gasteiger partial charge in [-0.15, -0.1) is 0 Å². The standard InChI is InChI=1S/C25H19Cl2F3N2O3/c1-24(35)17-13-15(26)7-9-21(17)32(11-10-25(24,29)30)23(34)14-6-8-20(19(28)12-14)31-22(33)16-4-2-3-5-18(16)27/h2-9,12-13,35H,10-11H2,1H3,(H,31,33)/t24-/m1/s1. The third kappa shape index (κ3) is 4.61. The van der Waals surface area contributed by atoms with Crippen molar-refractivity contribution in [2.45, 2.75) is 24.9 Å². The molecule has 0 radical (unpaired) electrons. The lowest BCUT2D eigenvalue weighted by molar-refractivity contribution is -0.177. The van der Waals surface area contributed by atoms with Gasteiger partial charge in [-0.2, -0.15) is 0 Å². The molecule has 3 aromatic carbocycles. The van der Waals surface area contributed by atoms with Gasteiger partial charge < -0.3 is 15.3 Å². The average molecular weight is 523 g/mol. The fourth-order valence-corrected chi connectivity index (χ4v) is 4.29. The molecule has 1 heterocycles. The number of halogens is 5. The first-order valence-corrected chi connectivity index (χ1v) is 11.3. The second-order valence-electron chi connectivity index (χ2n) is 8.27. The fourth-order valence-electron chi connectivity index (χ4n) is 3.90.